The lowest BCUT2D eigenvalue weighted by Crippen LogP contribution is -2.58. The molecule has 0 rings (SSSR count). The summed E-state index contributed by atoms with van der Waals surface area (Å²) in [6.45, 7) is 1.90. The lowest BCUT2D eigenvalue weighted by molar-refractivity contribution is -0.995. The Morgan fingerprint density at radius 2 is 1.74 bits per heavy atom. The average Bonchev–Trinajstić information content (AvgIpc) is 2.27. The third-order valence-corrected chi connectivity index (χ3v) is 2.57. The molecule has 0 aliphatic heterocycles. The van der Waals surface area contributed by atoms with E-state index in [2.05, 4.69) is 0 Å². The van der Waals surface area contributed by atoms with Gasteiger partial charge in [-0.25, -0.2) is 4.59 Å². The van der Waals surface area contributed by atoms with Crippen molar-refractivity contribution in [3.8, 4) is 0 Å². The van der Waals surface area contributed by atoms with Crippen LogP contribution in [0.3, 0.4) is 0 Å². The van der Waals surface area contributed by atoms with Crippen LogP contribution in [-0.2, 0) is 19.0 Å². The van der Waals surface area contributed by atoms with E-state index < -0.39 is 12.2 Å². The van der Waals surface area contributed by atoms with Gasteiger partial charge >= 0.3 is 5.97 Å². The van der Waals surface area contributed by atoms with E-state index in [0.717, 1.165) is 0 Å². The molecular formula is C12H27N2O5+. The van der Waals surface area contributed by atoms with Crippen LogP contribution in [0.4, 0.5) is 0 Å². The van der Waals surface area contributed by atoms with Crippen molar-refractivity contribution in [3.05, 3.63) is 0 Å². The molecule has 0 aromatic heterocycles. The van der Waals surface area contributed by atoms with Crippen molar-refractivity contribution < 1.29 is 28.7 Å². The zero-order valence-electron chi connectivity index (χ0n) is 12.6. The average molecular weight is 279 g/mol. The van der Waals surface area contributed by atoms with E-state index in [4.69, 9.17) is 19.3 Å². The Bertz CT molecular complexity index is 255. The summed E-state index contributed by atoms with van der Waals surface area (Å²) in [7, 11) is 9.09. The first-order valence-electron chi connectivity index (χ1n) is 6.22. The van der Waals surface area contributed by atoms with Crippen molar-refractivity contribution >= 4 is 5.97 Å². The van der Waals surface area contributed by atoms with E-state index in [-0.39, 0.29) is 6.42 Å². The Hall–Kier alpha value is -0.730. The second-order valence-electron chi connectivity index (χ2n) is 5.01. The van der Waals surface area contributed by atoms with Crippen molar-refractivity contribution in [2.45, 2.75) is 12.6 Å². The van der Waals surface area contributed by atoms with Crippen LogP contribution in [0.2, 0.25) is 0 Å². The van der Waals surface area contributed by atoms with Gasteiger partial charge in [0, 0.05) is 14.2 Å². The van der Waals surface area contributed by atoms with E-state index in [1.807, 2.05) is 26.2 Å². The molecule has 0 saturated carbocycles. The SMILES string of the molecule is COCCOC(CC(=O)O)N(CCOC)[N+](C)(C)C. The summed E-state index contributed by atoms with van der Waals surface area (Å²) < 4.78 is 16.1. The van der Waals surface area contributed by atoms with Gasteiger partial charge < -0.3 is 19.3 Å². The molecule has 0 radical (unpaired) electrons. The van der Waals surface area contributed by atoms with Crippen LogP contribution in [0.15, 0.2) is 0 Å². The Kier molecular flexibility index (Phi) is 8.86. The van der Waals surface area contributed by atoms with Crippen LogP contribution in [0, 0.1) is 0 Å². The Morgan fingerprint density at radius 1 is 1.16 bits per heavy atom. The topological polar surface area (TPSA) is 68.2 Å². The number of nitrogens with zero attached hydrogens (tertiary/aromatic N) is 2. The maximum absolute atomic E-state index is 11.0. The molecule has 114 valence electrons. The Labute approximate surface area is 115 Å². The van der Waals surface area contributed by atoms with Crippen molar-refractivity contribution in [1.29, 1.82) is 0 Å². The molecule has 0 bridgehead atoms. The summed E-state index contributed by atoms with van der Waals surface area (Å²) in [5, 5.41) is 10.9. The fraction of sp³-hybridized carbons (Fsp3) is 0.917. The van der Waals surface area contributed by atoms with Gasteiger partial charge in [0.15, 0.2) is 6.23 Å². The number of quaternary nitrogens is 1. The van der Waals surface area contributed by atoms with Gasteiger partial charge in [0.1, 0.15) is 0 Å². The standard InChI is InChI=1S/C12H26N2O5/c1-14(2,3)13(6-7-17-4)11(10-12(15)16)19-9-8-18-5/h11H,6-10H2,1-5H3/p+1. The Balaban J connectivity index is 4.73. The molecular weight excluding hydrogens is 252 g/mol. The number of hydrogen-bond donors (Lipinski definition) is 1. The Morgan fingerprint density at radius 3 is 2.16 bits per heavy atom. The molecule has 0 fully saturated rings. The number of carboxylic acids is 1. The summed E-state index contributed by atoms with van der Waals surface area (Å²) in [5.41, 5.74) is 0. The minimum absolute atomic E-state index is 0.0804. The van der Waals surface area contributed by atoms with E-state index >= 15 is 0 Å². The van der Waals surface area contributed by atoms with Crippen LogP contribution >= 0.6 is 0 Å². The predicted octanol–water partition coefficient (Wildman–Crippen LogP) is 0.0198. The number of hydrogen-bond acceptors (Lipinski definition) is 5. The molecule has 0 saturated heterocycles. The molecule has 7 heteroatoms. The first-order chi connectivity index (χ1) is 8.82. The van der Waals surface area contributed by atoms with Crippen molar-refractivity contribution in [1.82, 2.24) is 5.01 Å². The number of carboxylic acid groups (broad SMARTS) is 1. The quantitative estimate of drug-likeness (QED) is 0.249. The molecule has 0 aliphatic rings. The van der Waals surface area contributed by atoms with Gasteiger partial charge in [-0.3, -0.25) is 4.79 Å². The molecule has 0 spiro atoms. The number of ether oxygens (including phenoxy) is 3. The molecule has 1 atom stereocenters. The van der Waals surface area contributed by atoms with Gasteiger partial charge in [-0.2, -0.15) is 0 Å². The highest BCUT2D eigenvalue weighted by Gasteiger charge is 2.31. The number of rotatable bonds is 11. The number of methoxy groups -OCH3 is 2. The maximum atomic E-state index is 11.0. The smallest absolute Gasteiger partial charge is 0.307 e. The second kappa shape index (κ2) is 9.22. The van der Waals surface area contributed by atoms with E-state index in [1.54, 1.807) is 14.2 Å². The summed E-state index contributed by atoms with van der Waals surface area (Å²) >= 11 is 0. The zero-order chi connectivity index (χ0) is 14.9. The third-order valence-electron chi connectivity index (χ3n) is 2.57. The van der Waals surface area contributed by atoms with Gasteiger partial charge in [-0.15, -0.1) is 5.01 Å². The van der Waals surface area contributed by atoms with Gasteiger partial charge in [-0.05, 0) is 0 Å². The summed E-state index contributed by atoms with van der Waals surface area (Å²) in [6, 6.07) is 0. The number of aliphatic carboxylic acids is 1. The van der Waals surface area contributed by atoms with Crippen LogP contribution in [0.25, 0.3) is 0 Å². The van der Waals surface area contributed by atoms with Crippen molar-refractivity contribution in [2.24, 2.45) is 0 Å². The third kappa shape index (κ3) is 8.12. The van der Waals surface area contributed by atoms with E-state index in [9.17, 15) is 4.79 Å². The van der Waals surface area contributed by atoms with Gasteiger partial charge in [0.2, 0.25) is 0 Å². The van der Waals surface area contributed by atoms with Crippen LogP contribution < -0.4 is 0 Å². The lowest BCUT2D eigenvalue weighted by atomic mass is 10.3. The fourth-order valence-electron chi connectivity index (χ4n) is 1.68. The molecule has 0 amide bonds. The monoisotopic (exact) mass is 279 g/mol. The predicted molar refractivity (Wildman–Crippen MR) is 70.5 cm³/mol. The minimum atomic E-state index is -0.890. The summed E-state index contributed by atoms with van der Waals surface area (Å²) in [6.07, 6.45) is -0.592. The highest BCUT2D eigenvalue weighted by atomic mass is 16.5. The van der Waals surface area contributed by atoms with Crippen LogP contribution in [0.1, 0.15) is 6.42 Å². The maximum Gasteiger partial charge on any atom is 0.307 e. The fourth-order valence-corrected chi connectivity index (χ4v) is 1.68. The molecule has 19 heavy (non-hydrogen) atoms. The normalized spacial score (nSPS) is 13.8. The van der Waals surface area contributed by atoms with Crippen molar-refractivity contribution in [3.63, 3.8) is 0 Å². The van der Waals surface area contributed by atoms with Gasteiger partial charge in [-0.1, -0.05) is 0 Å². The highest BCUT2D eigenvalue weighted by Crippen LogP contribution is 2.13. The first kappa shape index (κ1) is 18.3. The minimum Gasteiger partial charge on any atom is -0.481 e. The van der Waals surface area contributed by atoms with Gasteiger partial charge in [0.05, 0.1) is 53.9 Å². The van der Waals surface area contributed by atoms with E-state index in [1.165, 1.54) is 0 Å². The molecule has 1 N–H and O–H groups in total. The molecule has 1 unspecified atom stereocenters. The van der Waals surface area contributed by atoms with E-state index in [0.29, 0.717) is 31.0 Å². The molecule has 0 aromatic carbocycles. The van der Waals surface area contributed by atoms with Crippen LogP contribution in [-0.4, -0.2) is 88.6 Å². The highest BCUT2D eigenvalue weighted by molar-refractivity contribution is 5.67. The van der Waals surface area contributed by atoms with Crippen LogP contribution in [0.5, 0.6) is 0 Å². The molecule has 0 heterocycles. The van der Waals surface area contributed by atoms with Crippen molar-refractivity contribution in [2.75, 3.05) is 61.7 Å². The lowest BCUT2D eigenvalue weighted by Gasteiger charge is -2.40. The van der Waals surface area contributed by atoms with Gasteiger partial charge in [0.25, 0.3) is 0 Å². The first-order valence-corrected chi connectivity index (χ1v) is 6.22. The largest absolute Gasteiger partial charge is 0.481 e. The zero-order valence-corrected chi connectivity index (χ0v) is 12.6. The second-order valence-corrected chi connectivity index (χ2v) is 5.01. The summed E-state index contributed by atoms with van der Waals surface area (Å²) in [4.78, 5) is 11.0. The molecule has 0 aliphatic carbocycles. The number of carbonyl (C=O) groups is 1. The molecule has 7 nitrogen and oxygen atoms in total. The summed E-state index contributed by atoms with van der Waals surface area (Å²) in [5.74, 6) is -0.890. The molecule has 0 aromatic rings.